The Morgan fingerprint density at radius 2 is 2.27 bits per heavy atom. The summed E-state index contributed by atoms with van der Waals surface area (Å²) in [7, 11) is 1.89. The molecule has 0 radical (unpaired) electrons. The van der Waals surface area contributed by atoms with E-state index in [1.54, 1.807) is 0 Å². The van der Waals surface area contributed by atoms with E-state index in [0.29, 0.717) is 5.69 Å². The summed E-state index contributed by atoms with van der Waals surface area (Å²) in [5.74, 6) is 0. The smallest absolute Gasteiger partial charge is 0.116 e. The number of nitrogens with zero attached hydrogens (tertiary/aromatic N) is 2. The van der Waals surface area contributed by atoms with Crippen LogP contribution in [0.25, 0.3) is 0 Å². The van der Waals surface area contributed by atoms with Gasteiger partial charge in [0, 0.05) is 11.5 Å². The summed E-state index contributed by atoms with van der Waals surface area (Å²) in [6, 6.07) is 7.80. The molecule has 0 fully saturated rings. The molecule has 0 aromatic heterocycles. The number of nitrogens with two attached hydrogens (primary N) is 1. The summed E-state index contributed by atoms with van der Waals surface area (Å²) in [6.07, 6.45) is 0.780. The molecule has 1 unspecified atom stereocenters. The third kappa shape index (κ3) is 2.63. The van der Waals surface area contributed by atoms with Crippen LogP contribution in [-0.2, 0) is 0 Å². The van der Waals surface area contributed by atoms with E-state index in [-0.39, 0.29) is 6.04 Å². The second kappa shape index (κ2) is 5.04. The lowest BCUT2D eigenvalue weighted by Gasteiger charge is -2.25. The predicted molar refractivity (Wildman–Crippen MR) is 66.6 cm³/mol. The standard InChI is InChI=1S/C11H14BrN3/c1-3-9(7-13)15(2)11-5-4-8(12)6-10(11)14/h4-6,9H,3,14H2,1-2H3. The van der Waals surface area contributed by atoms with Crippen molar-refractivity contribution < 1.29 is 0 Å². The van der Waals surface area contributed by atoms with Crippen LogP contribution >= 0.6 is 15.9 Å². The Hall–Kier alpha value is -1.21. The van der Waals surface area contributed by atoms with Crippen LogP contribution < -0.4 is 10.6 Å². The number of hydrogen-bond donors (Lipinski definition) is 1. The zero-order valence-electron chi connectivity index (χ0n) is 8.87. The summed E-state index contributed by atoms with van der Waals surface area (Å²) >= 11 is 3.35. The van der Waals surface area contributed by atoms with Crippen LogP contribution in [0, 0.1) is 11.3 Å². The molecule has 15 heavy (non-hydrogen) atoms. The third-order valence-corrected chi connectivity index (χ3v) is 2.87. The number of nitrogen functional groups attached to an aromatic ring is 1. The van der Waals surface area contributed by atoms with Crippen molar-refractivity contribution in [1.82, 2.24) is 0 Å². The maximum atomic E-state index is 8.96. The summed E-state index contributed by atoms with van der Waals surface area (Å²) in [5, 5.41) is 8.96. The maximum absolute atomic E-state index is 8.96. The van der Waals surface area contributed by atoms with E-state index in [9.17, 15) is 0 Å². The van der Waals surface area contributed by atoms with Crippen molar-refractivity contribution in [2.75, 3.05) is 17.7 Å². The molecule has 0 aliphatic carbocycles. The molecule has 1 aromatic carbocycles. The summed E-state index contributed by atoms with van der Waals surface area (Å²) < 4.78 is 0.946. The van der Waals surface area contributed by atoms with Gasteiger partial charge >= 0.3 is 0 Å². The largest absolute Gasteiger partial charge is 0.397 e. The first-order valence-electron chi connectivity index (χ1n) is 4.77. The van der Waals surface area contributed by atoms with Crippen LogP contribution in [0.3, 0.4) is 0 Å². The first-order chi connectivity index (χ1) is 7.10. The Labute approximate surface area is 98.6 Å². The molecule has 0 saturated carbocycles. The van der Waals surface area contributed by atoms with Gasteiger partial charge in [0.1, 0.15) is 6.04 Å². The van der Waals surface area contributed by atoms with Gasteiger partial charge in [-0.3, -0.25) is 0 Å². The van der Waals surface area contributed by atoms with Gasteiger partial charge in [0.2, 0.25) is 0 Å². The van der Waals surface area contributed by atoms with Crippen LogP contribution in [0.2, 0.25) is 0 Å². The van der Waals surface area contributed by atoms with Crippen LogP contribution in [0.15, 0.2) is 22.7 Å². The Morgan fingerprint density at radius 3 is 2.73 bits per heavy atom. The summed E-state index contributed by atoms with van der Waals surface area (Å²) in [5.41, 5.74) is 7.46. The molecule has 0 spiro atoms. The van der Waals surface area contributed by atoms with E-state index in [1.807, 2.05) is 37.1 Å². The van der Waals surface area contributed by atoms with Crippen LogP contribution in [0.1, 0.15) is 13.3 Å². The molecule has 4 heteroatoms. The van der Waals surface area contributed by atoms with E-state index in [4.69, 9.17) is 11.0 Å². The van der Waals surface area contributed by atoms with Crippen LogP contribution in [-0.4, -0.2) is 13.1 Å². The molecule has 2 N–H and O–H groups in total. The second-order valence-electron chi connectivity index (χ2n) is 3.37. The monoisotopic (exact) mass is 267 g/mol. The van der Waals surface area contributed by atoms with Gasteiger partial charge in [-0.1, -0.05) is 22.9 Å². The van der Waals surface area contributed by atoms with Gasteiger partial charge < -0.3 is 10.6 Å². The summed E-state index contributed by atoms with van der Waals surface area (Å²) in [4.78, 5) is 1.90. The zero-order valence-corrected chi connectivity index (χ0v) is 10.5. The molecular weight excluding hydrogens is 254 g/mol. The van der Waals surface area contributed by atoms with E-state index >= 15 is 0 Å². The quantitative estimate of drug-likeness (QED) is 0.857. The van der Waals surface area contributed by atoms with Gasteiger partial charge in [0.25, 0.3) is 0 Å². The highest BCUT2D eigenvalue weighted by Gasteiger charge is 2.14. The van der Waals surface area contributed by atoms with Crippen molar-refractivity contribution in [3.63, 3.8) is 0 Å². The van der Waals surface area contributed by atoms with E-state index in [1.165, 1.54) is 0 Å². The van der Waals surface area contributed by atoms with Crippen LogP contribution in [0.4, 0.5) is 11.4 Å². The fraction of sp³-hybridized carbons (Fsp3) is 0.364. The molecule has 1 atom stereocenters. The van der Waals surface area contributed by atoms with Gasteiger partial charge in [0.05, 0.1) is 17.4 Å². The number of halogens is 1. The minimum absolute atomic E-state index is 0.131. The average Bonchev–Trinajstić information content (AvgIpc) is 2.19. The van der Waals surface area contributed by atoms with Crippen molar-refractivity contribution in [3.8, 4) is 6.07 Å². The second-order valence-corrected chi connectivity index (χ2v) is 4.28. The number of anilines is 2. The minimum Gasteiger partial charge on any atom is -0.397 e. The van der Waals surface area contributed by atoms with Crippen molar-refractivity contribution in [3.05, 3.63) is 22.7 Å². The van der Waals surface area contributed by atoms with Crippen molar-refractivity contribution in [2.24, 2.45) is 0 Å². The van der Waals surface area contributed by atoms with Gasteiger partial charge in [-0.15, -0.1) is 0 Å². The Balaban J connectivity index is 3.01. The molecule has 0 aliphatic rings. The van der Waals surface area contributed by atoms with Crippen molar-refractivity contribution in [1.29, 1.82) is 5.26 Å². The third-order valence-electron chi connectivity index (χ3n) is 2.37. The van der Waals surface area contributed by atoms with Gasteiger partial charge in [-0.25, -0.2) is 0 Å². The number of benzene rings is 1. The maximum Gasteiger partial charge on any atom is 0.116 e. The van der Waals surface area contributed by atoms with Crippen LogP contribution in [0.5, 0.6) is 0 Å². The lowest BCUT2D eigenvalue weighted by molar-refractivity contribution is 0.734. The molecule has 0 bridgehead atoms. The topological polar surface area (TPSA) is 53.0 Å². The SMILES string of the molecule is CCC(C#N)N(C)c1ccc(Br)cc1N. The van der Waals surface area contributed by atoms with E-state index < -0.39 is 0 Å². The summed E-state index contributed by atoms with van der Waals surface area (Å²) in [6.45, 7) is 1.99. The molecular formula is C11H14BrN3. The fourth-order valence-electron chi connectivity index (χ4n) is 1.47. The molecule has 80 valence electrons. The van der Waals surface area contributed by atoms with Gasteiger partial charge in [0.15, 0.2) is 0 Å². The Morgan fingerprint density at radius 1 is 1.60 bits per heavy atom. The molecule has 0 heterocycles. The van der Waals surface area contributed by atoms with Crippen molar-refractivity contribution in [2.45, 2.75) is 19.4 Å². The lowest BCUT2D eigenvalue weighted by Crippen LogP contribution is -2.30. The predicted octanol–water partition coefficient (Wildman–Crippen LogP) is 2.77. The Kier molecular flexibility index (Phi) is 3.98. The number of rotatable bonds is 3. The molecule has 1 rings (SSSR count). The molecule has 0 saturated heterocycles. The molecule has 0 amide bonds. The first-order valence-corrected chi connectivity index (χ1v) is 5.57. The highest BCUT2D eigenvalue weighted by molar-refractivity contribution is 9.10. The molecule has 0 aliphatic heterocycles. The Bertz CT molecular complexity index is 384. The normalized spacial score (nSPS) is 11.9. The van der Waals surface area contributed by atoms with E-state index in [0.717, 1.165) is 16.6 Å². The first kappa shape index (κ1) is 11.9. The fourth-order valence-corrected chi connectivity index (χ4v) is 1.85. The number of nitriles is 1. The van der Waals surface area contributed by atoms with Gasteiger partial charge in [-0.05, 0) is 24.6 Å². The average molecular weight is 268 g/mol. The van der Waals surface area contributed by atoms with E-state index in [2.05, 4.69) is 22.0 Å². The van der Waals surface area contributed by atoms with Crippen molar-refractivity contribution >= 4 is 27.3 Å². The van der Waals surface area contributed by atoms with Gasteiger partial charge in [-0.2, -0.15) is 5.26 Å². The minimum atomic E-state index is -0.131. The highest BCUT2D eigenvalue weighted by atomic mass is 79.9. The lowest BCUT2D eigenvalue weighted by atomic mass is 10.2. The highest BCUT2D eigenvalue weighted by Crippen LogP contribution is 2.27. The molecule has 3 nitrogen and oxygen atoms in total. The zero-order chi connectivity index (χ0) is 11.4. The molecule has 1 aromatic rings. The number of hydrogen-bond acceptors (Lipinski definition) is 3.